The summed E-state index contributed by atoms with van der Waals surface area (Å²) in [5.41, 5.74) is 0.502. The second-order valence-electron chi connectivity index (χ2n) is 9.79. The third-order valence-corrected chi connectivity index (χ3v) is 7.91. The van der Waals surface area contributed by atoms with Crippen molar-refractivity contribution in [2.75, 3.05) is 27.3 Å². The van der Waals surface area contributed by atoms with Crippen molar-refractivity contribution in [1.29, 1.82) is 0 Å². The maximum Gasteiger partial charge on any atom is 0.275 e. The van der Waals surface area contributed by atoms with Crippen LogP contribution >= 0.6 is 0 Å². The smallest absolute Gasteiger partial charge is 0.275 e. The molecule has 0 aromatic heterocycles. The first-order chi connectivity index (χ1) is 15.0. The highest BCUT2D eigenvalue weighted by Crippen LogP contribution is 2.45. The van der Waals surface area contributed by atoms with Crippen LogP contribution in [-0.2, 0) is 4.79 Å². The number of nitrogens with one attached hydrogen (secondary N) is 2. The number of amides is 1. The lowest BCUT2D eigenvalue weighted by Gasteiger charge is -2.50. The van der Waals surface area contributed by atoms with E-state index in [9.17, 15) is 9.90 Å². The van der Waals surface area contributed by atoms with Crippen LogP contribution < -0.4 is 19.7 Å². The number of piperidine rings is 1. The SMILES string of the molecule is COc1ccc([C@@H]2[C@@H]3CCCC[C@@]3(O)CC[NH+]2CC(=O)NC2CCCCC2)cc1OC. The first-order valence-corrected chi connectivity index (χ1v) is 12.1. The Morgan fingerprint density at radius 1 is 1.06 bits per heavy atom. The molecule has 3 aliphatic rings. The summed E-state index contributed by atoms with van der Waals surface area (Å²) in [4.78, 5) is 14.2. The molecule has 31 heavy (non-hydrogen) atoms. The largest absolute Gasteiger partial charge is 0.493 e. The minimum Gasteiger partial charge on any atom is -0.493 e. The van der Waals surface area contributed by atoms with Crippen molar-refractivity contribution < 1.29 is 24.3 Å². The van der Waals surface area contributed by atoms with Gasteiger partial charge >= 0.3 is 0 Å². The van der Waals surface area contributed by atoms with Gasteiger partial charge in [0.05, 0.1) is 26.4 Å². The van der Waals surface area contributed by atoms with Crippen LogP contribution in [0.1, 0.15) is 75.8 Å². The lowest BCUT2D eigenvalue weighted by atomic mass is 9.66. The fourth-order valence-corrected chi connectivity index (χ4v) is 6.30. The number of benzene rings is 1. The van der Waals surface area contributed by atoms with Crippen molar-refractivity contribution >= 4 is 5.91 Å². The lowest BCUT2D eigenvalue weighted by Crippen LogP contribution is -3.16. The van der Waals surface area contributed by atoms with E-state index >= 15 is 0 Å². The molecule has 1 aromatic carbocycles. The third-order valence-electron chi connectivity index (χ3n) is 7.91. The number of hydrogen-bond donors (Lipinski definition) is 3. The van der Waals surface area contributed by atoms with Crippen LogP contribution in [0.15, 0.2) is 18.2 Å². The molecule has 2 aliphatic carbocycles. The zero-order valence-corrected chi connectivity index (χ0v) is 19.1. The first-order valence-electron chi connectivity index (χ1n) is 12.1. The fraction of sp³-hybridized carbons (Fsp3) is 0.720. The average molecular weight is 432 g/mol. The Morgan fingerprint density at radius 2 is 1.81 bits per heavy atom. The Kier molecular flexibility index (Phi) is 7.07. The molecule has 1 saturated heterocycles. The Balaban J connectivity index is 1.58. The zero-order chi connectivity index (χ0) is 21.8. The number of hydrogen-bond acceptors (Lipinski definition) is 4. The van der Waals surface area contributed by atoms with Gasteiger partial charge in [-0.05, 0) is 43.9 Å². The van der Waals surface area contributed by atoms with Crippen LogP contribution in [0.2, 0.25) is 0 Å². The molecule has 0 spiro atoms. The third kappa shape index (κ3) is 4.85. The van der Waals surface area contributed by atoms with E-state index in [1.54, 1.807) is 14.2 Å². The molecular weight excluding hydrogens is 392 g/mol. The highest BCUT2D eigenvalue weighted by molar-refractivity contribution is 5.77. The van der Waals surface area contributed by atoms with Crippen molar-refractivity contribution in [2.24, 2.45) is 5.92 Å². The summed E-state index contributed by atoms with van der Waals surface area (Å²) in [6.45, 7) is 1.27. The summed E-state index contributed by atoms with van der Waals surface area (Å²) in [6, 6.07) is 6.49. The van der Waals surface area contributed by atoms with Crippen LogP contribution in [0.3, 0.4) is 0 Å². The molecule has 1 unspecified atom stereocenters. The van der Waals surface area contributed by atoms with Gasteiger partial charge in [-0.15, -0.1) is 0 Å². The van der Waals surface area contributed by atoms with Gasteiger partial charge < -0.3 is 24.8 Å². The second kappa shape index (κ2) is 9.78. The van der Waals surface area contributed by atoms with Crippen LogP contribution in [-0.4, -0.2) is 50.0 Å². The molecule has 172 valence electrons. The highest BCUT2D eigenvalue weighted by Gasteiger charge is 2.52. The maximum absolute atomic E-state index is 13.0. The van der Waals surface area contributed by atoms with Crippen molar-refractivity contribution in [2.45, 2.75) is 81.9 Å². The van der Waals surface area contributed by atoms with Gasteiger partial charge in [0.15, 0.2) is 18.0 Å². The second-order valence-corrected chi connectivity index (χ2v) is 9.79. The van der Waals surface area contributed by atoms with Crippen molar-refractivity contribution in [1.82, 2.24) is 5.32 Å². The molecule has 1 aliphatic heterocycles. The lowest BCUT2D eigenvalue weighted by molar-refractivity contribution is -0.937. The summed E-state index contributed by atoms with van der Waals surface area (Å²) >= 11 is 0. The number of carbonyl (C=O) groups is 1. The van der Waals surface area contributed by atoms with Gasteiger partial charge in [0.25, 0.3) is 5.91 Å². The summed E-state index contributed by atoms with van der Waals surface area (Å²) in [7, 11) is 3.30. The summed E-state index contributed by atoms with van der Waals surface area (Å²) in [5.74, 6) is 1.72. The topological polar surface area (TPSA) is 72.2 Å². The minimum atomic E-state index is -0.626. The molecule has 4 rings (SSSR count). The van der Waals surface area contributed by atoms with Gasteiger partial charge in [0.1, 0.15) is 6.04 Å². The van der Waals surface area contributed by atoms with E-state index in [0.717, 1.165) is 57.1 Å². The minimum absolute atomic E-state index is 0.0796. The molecule has 6 nitrogen and oxygen atoms in total. The van der Waals surface area contributed by atoms with E-state index in [4.69, 9.17) is 9.47 Å². The van der Waals surface area contributed by atoms with Gasteiger partial charge in [-0.1, -0.05) is 32.1 Å². The van der Waals surface area contributed by atoms with E-state index in [2.05, 4.69) is 11.4 Å². The normalized spacial score (nSPS) is 31.5. The van der Waals surface area contributed by atoms with Crippen LogP contribution in [0.25, 0.3) is 0 Å². The Hall–Kier alpha value is -1.79. The molecule has 1 aromatic rings. The van der Waals surface area contributed by atoms with Crippen LogP contribution in [0.4, 0.5) is 0 Å². The molecule has 0 radical (unpaired) electrons. The predicted molar refractivity (Wildman–Crippen MR) is 120 cm³/mol. The van der Waals surface area contributed by atoms with Gasteiger partial charge in [-0.2, -0.15) is 0 Å². The van der Waals surface area contributed by atoms with Gasteiger partial charge in [-0.25, -0.2) is 0 Å². The molecule has 3 fully saturated rings. The summed E-state index contributed by atoms with van der Waals surface area (Å²) in [5, 5.41) is 14.8. The molecule has 2 saturated carbocycles. The van der Waals surface area contributed by atoms with Crippen molar-refractivity contribution in [3.05, 3.63) is 23.8 Å². The summed E-state index contributed by atoms with van der Waals surface area (Å²) < 4.78 is 11.0. The quantitative estimate of drug-likeness (QED) is 0.647. The number of aliphatic hydroxyl groups is 1. The molecular formula is C25H39N2O4+. The van der Waals surface area contributed by atoms with E-state index in [0.29, 0.717) is 24.1 Å². The highest BCUT2D eigenvalue weighted by atomic mass is 16.5. The number of rotatable bonds is 6. The van der Waals surface area contributed by atoms with E-state index in [1.807, 2.05) is 12.1 Å². The van der Waals surface area contributed by atoms with Crippen molar-refractivity contribution in [3.8, 4) is 11.5 Å². The Labute approximate surface area is 186 Å². The van der Waals surface area contributed by atoms with Gasteiger partial charge in [-0.3, -0.25) is 4.79 Å². The standard InChI is InChI=1S/C25H38N2O4/c1-30-21-12-11-18(16-22(21)31-2)24-20-10-6-7-13-25(20,29)14-15-27(24)17-23(28)26-19-8-4-3-5-9-19/h11-12,16,19-20,24,29H,3-10,13-15,17H2,1-2H3,(H,26,28)/p+1/t20-,24+,25+/m0/s1. The summed E-state index contributed by atoms with van der Waals surface area (Å²) in [6.07, 6.45) is 10.8. The molecule has 1 heterocycles. The number of fused-ring (bicyclic) bond motifs is 1. The maximum atomic E-state index is 13.0. The predicted octanol–water partition coefficient (Wildman–Crippen LogP) is 2.40. The first kappa shape index (κ1) is 22.4. The monoisotopic (exact) mass is 431 g/mol. The number of methoxy groups -OCH3 is 2. The number of quaternary nitrogens is 1. The van der Waals surface area contributed by atoms with E-state index in [-0.39, 0.29) is 17.9 Å². The van der Waals surface area contributed by atoms with Gasteiger partial charge in [0.2, 0.25) is 0 Å². The van der Waals surface area contributed by atoms with Crippen LogP contribution in [0, 0.1) is 5.92 Å². The van der Waals surface area contributed by atoms with Crippen molar-refractivity contribution in [3.63, 3.8) is 0 Å². The molecule has 3 N–H and O–H groups in total. The number of ether oxygens (including phenoxy) is 2. The van der Waals surface area contributed by atoms with Crippen LogP contribution in [0.5, 0.6) is 11.5 Å². The number of likely N-dealkylation sites (tertiary alicyclic amines) is 1. The molecule has 1 amide bonds. The zero-order valence-electron chi connectivity index (χ0n) is 19.1. The fourth-order valence-electron chi connectivity index (χ4n) is 6.30. The molecule has 0 bridgehead atoms. The van der Waals surface area contributed by atoms with Gasteiger partial charge in [0, 0.05) is 23.9 Å². The number of carbonyl (C=O) groups excluding carboxylic acids is 1. The average Bonchev–Trinajstić information content (AvgIpc) is 2.79. The molecule has 4 atom stereocenters. The Morgan fingerprint density at radius 3 is 2.55 bits per heavy atom. The molecule has 6 heteroatoms. The Bertz CT molecular complexity index is 764. The van der Waals surface area contributed by atoms with E-state index < -0.39 is 5.60 Å². The van der Waals surface area contributed by atoms with E-state index in [1.165, 1.54) is 24.2 Å².